The van der Waals surface area contributed by atoms with E-state index in [4.69, 9.17) is 16.7 Å². The molecular weight excluding hydrogens is 214 g/mol. The predicted molar refractivity (Wildman–Crippen MR) is 60.1 cm³/mol. The third kappa shape index (κ3) is 3.53. The van der Waals surface area contributed by atoms with Crippen LogP contribution in [0.1, 0.15) is 24.2 Å². The highest BCUT2D eigenvalue weighted by atomic mass is 35.5. The van der Waals surface area contributed by atoms with Gasteiger partial charge in [0.25, 0.3) is 5.91 Å². The molecule has 1 aromatic rings. The van der Waals surface area contributed by atoms with Crippen molar-refractivity contribution in [2.24, 2.45) is 0 Å². The van der Waals surface area contributed by atoms with Gasteiger partial charge in [-0.05, 0) is 38.1 Å². The average molecular weight is 228 g/mol. The molecule has 0 radical (unpaired) electrons. The zero-order chi connectivity index (χ0) is 11.5. The molecule has 1 rings (SSSR count). The van der Waals surface area contributed by atoms with Crippen molar-refractivity contribution in [2.45, 2.75) is 19.4 Å². The van der Waals surface area contributed by atoms with E-state index in [0.29, 0.717) is 10.6 Å². The van der Waals surface area contributed by atoms with Crippen LogP contribution < -0.4 is 5.32 Å². The molecular formula is C11H14ClNO2. The lowest BCUT2D eigenvalue weighted by atomic mass is 10.1. The molecule has 0 atom stereocenters. The van der Waals surface area contributed by atoms with Crippen molar-refractivity contribution in [2.75, 3.05) is 6.61 Å². The van der Waals surface area contributed by atoms with E-state index in [-0.39, 0.29) is 12.5 Å². The second-order valence-electron chi connectivity index (χ2n) is 4.00. The molecule has 1 aromatic carbocycles. The third-order valence-electron chi connectivity index (χ3n) is 1.95. The van der Waals surface area contributed by atoms with Crippen molar-refractivity contribution in [3.63, 3.8) is 0 Å². The summed E-state index contributed by atoms with van der Waals surface area (Å²) >= 11 is 5.71. The number of halogens is 1. The maximum absolute atomic E-state index is 11.7. The summed E-state index contributed by atoms with van der Waals surface area (Å²) in [6.07, 6.45) is 0. The molecule has 0 aliphatic heterocycles. The molecule has 15 heavy (non-hydrogen) atoms. The van der Waals surface area contributed by atoms with Gasteiger partial charge in [-0.25, -0.2) is 0 Å². The maximum Gasteiger partial charge on any atom is 0.251 e. The molecule has 3 nitrogen and oxygen atoms in total. The van der Waals surface area contributed by atoms with Gasteiger partial charge in [0, 0.05) is 10.6 Å². The summed E-state index contributed by atoms with van der Waals surface area (Å²) in [7, 11) is 0. The van der Waals surface area contributed by atoms with Gasteiger partial charge in [0.05, 0.1) is 12.1 Å². The zero-order valence-electron chi connectivity index (χ0n) is 8.75. The lowest BCUT2D eigenvalue weighted by Gasteiger charge is -2.23. The van der Waals surface area contributed by atoms with Crippen molar-refractivity contribution in [3.8, 4) is 0 Å². The molecule has 0 saturated heterocycles. The Morgan fingerprint density at radius 3 is 2.40 bits per heavy atom. The smallest absolute Gasteiger partial charge is 0.251 e. The Balaban J connectivity index is 2.74. The quantitative estimate of drug-likeness (QED) is 0.828. The Bertz CT molecular complexity index is 346. The molecule has 0 aliphatic carbocycles. The minimum absolute atomic E-state index is 0.105. The first-order chi connectivity index (χ1) is 6.94. The molecule has 0 spiro atoms. The third-order valence-corrected chi connectivity index (χ3v) is 2.21. The van der Waals surface area contributed by atoms with Crippen LogP contribution in [0.25, 0.3) is 0 Å². The summed E-state index contributed by atoms with van der Waals surface area (Å²) in [6.45, 7) is 3.40. The summed E-state index contributed by atoms with van der Waals surface area (Å²) in [5.74, 6) is -0.217. The summed E-state index contributed by atoms with van der Waals surface area (Å²) in [5, 5.41) is 12.3. The van der Waals surface area contributed by atoms with Gasteiger partial charge >= 0.3 is 0 Å². The molecule has 0 saturated carbocycles. The summed E-state index contributed by atoms with van der Waals surface area (Å²) in [6, 6.07) is 6.60. The Hall–Kier alpha value is -1.06. The minimum Gasteiger partial charge on any atom is -0.394 e. The van der Waals surface area contributed by atoms with Gasteiger partial charge in [0.15, 0.2) is 0 Å². The van der Waals surface area contributed by atoms with Crippen LogP contribution in [0.3, 0.4) is 0 Å². The van der Waals surface area contributed by atoms with Crippen LogP contribution in [-0.2, 0) is 0 Å². The Labute approximate surface area is 94.1 Å². The maximum atomic E-state index is 11.7. The first kappa shape index (κ1) is 12.0. The molecule has 0 fully saturated rings. The van der Waals surface area contributed by atoms with E-state index in [1.807, 2.05) is 0 Å². The van der Waals surface area contributed by atoms with E-state index in [0.717, 1.165) is 0 Å². The van der Waals surface area contributed by atoms with E-state index in [1.165, 1.54) is 0 Å². The molecule has 2 N–H and O–H groups in total. The molecule has 0 unspecified atom stereocenters. The predicted octanol–water partition coefficient (Wildman–Crippen LogP) is 1.84. The van der Waals surface area contributed by atoms with Crippen molar-refractivity contribution >= 4 is 17.5 Å². The van der Waals surface area contributed by atoms with Crippen LogP contribution in [0.4, 0.5) is 0 Å². The van der Waals surface area contributed by atoms with Gasteiger partial charge in [0.1, 0.15) is 0 Å². The summed E-state index contributed by atoms with van der Waals surface area (Å²) in [5.41, 5.74) is -0.0857. The molecule has 0 bridgehead atoms. The first-order valence-corrected chi connectivity index (χ1v) is 5.01. The average Bonchev–Trinajstić information content (AvgIpc) is 2.18. The molecule has 82 valence electrons. The SMILES string of the molecule is CC(C)(CO)NC(=O)c1ccc(Cl)cc1. The normalized spacial score (nSPS) is 11.2. The van der Waals surface area contributed by atoms with Crippen molar-refractivity contribution in [1.82, 2.24) is 5.32 Å². The largest absolute Gasteiger partial charge is 0.394 e. The van der Waals surface area contributed by atoms with Crippen LogP contribution in [0, 0.1) is 0 Å². The first-order valence-electron chi connectivity index (χ1n) is 4.63. The number of benzene rings is 1. The molecule has 1 amide bonds. The van der Waals surface area contributed by atoms with Gasteiger partial charge in [0.2, 0.25) is 0 Å². The topological polar surface area (TPSA) is 49.3 Å². The monoisotopic (exact) mass is 227 g/mol. The van der Waals surface area contributed by atoms with Crippen molar-refractivity contribution in [3.05, 3.63) is 34.9 Å². The number of hydrogen-bond donors (Lipinski definition) is 2. The number of aliphatic hydroxyl groups excluding tert-OH is 1. The van der Waals surface area contributed by atoms with Gasteiger partial charge < -0.3 is 10.4 Å². The van der Waals surface area contributed by atoms with E-state index < -0.39 is 5.54 Å². The number of nitrogens with one attached hydrogen (secondary N) is 1. The van der Waals surface area contributed by atoms with Crippen molar-refractivity contribution in [1.29, 1.82) is 0 Å². The van der Waals surface area contributed by atoms with Crippen LogP contribution in [0.5, 0.6) is 0 Å². The zero-order valence-corrected chi connectivity index (χ0v) is 9.51. The van der Waals surface area contributed by atoms with Crippen LogP contribution in [0.15, 0.2) is 24.3 Å². The Kier molecular flexibility index (Phi) is 3.72. The van der Waals surface area contributed by atoms with E-state index in [1.54, 1.807) is 38.1 Å². The standard InChI is InChI=1S/C11H14ClNO2/c1-11(2,7-14)13-10(15)8-3-5-9(12)6-4-8/h3-6,14H,7H2,1-2H3,(H,13,15). The number of amides is 1. The fraction of sp³-hybridized carbons (Fsp3) is 0.364. The molecule has 4 heteroatoms. The number of rotatable bonds is 3. The summed E-state index contributed by atoms with van der Waals surface area (Å²) in [4.78, 5) is 11.7. The van der Waals surface area contributed by atoms with E-state index in [9.17, 15) is 4.79 Å². The number of carbonyl (C=O) groups is 1. The van der Waals surface area contributed by atoms with Crippen LogP contribution in [-0.4, -0.2) is 23.2 Å². The highest BCUT2D eigenvalue weighted by Gasteiger charge is 2.19. The number of hydrogen-bond acceptors (Lipinski definition) is 2. The fourth-order valence-corrected chi connectivity index (χ4v) is 1.15. The lowest BCUT2D eigenvalue weighted by Crippen LogP contribution is -2.46. The van der Waals surface area contributed by atoms with Gasteiger partial charge in [-0.2, -0.15) is 0 Å². The second-order valence-corrected chi connectivity index (χ2v) is 4.44. The molecule has 0 aromatic heterocycles. The van der Waals surface area contributed by atoms with Gasteiger partial charge in [-0.3, -0.25) is 4.79 Å². The van der Waals surface area contributed by atoms with Gasteiger partial charge in [-0.15, -0.1) is 0 Å². The van der Waals surface area contributed by atoms with E-state index in [2.05, 4.69) is 5.32 Å². The number of aliphatic hydroxyl groups is 1. The van der Waals surface area contributed by atoms with Gasteiger partial charge in [-0.1, -0.05) is 11.6 Å². The Morgan fingerprint density at radius 2 is 1.93 bits per heavy atom. The fourth-order valence-electron chi connectivity index (χ4n) is 1.02. The number of carbonyl (C=O) groups excluding carboxylic acids is 1. The van der Waals surface area contributed by atoms with E-state index >= 15 is 0 Å². The molecule has 0 heterocycles. The van der Waals surface area contributed by atoms with Crippen molar-refractivity contribution < 1.29 is 9.90 Å². The van der Waals surface area contributed by atoms with Crippen LogP contribution >= 0.6 is 11.6 Å². The van der Waals surface area contributed by atoms with Crippen LogP contribution in [0.2, 0.25) is 5.02 Å². The molecule has 0 aliphatic rings. The summed E-state index contributed by atoms with van der Waals surface area (Å²) < 4.78 is 0. The lowest BCUT2D eigenvalue weighted by molar-refractivity contribution is 0.0869. The highest BCUT2D eigenvalue weighted by molar-refractivity contribution is 6.30. The second kappa shape index (κ2) is 4.64. The highest BCUT2D eigenvalue weighted by Crippen LogP contribution is 2.10. The minimum atomic E-state index is -0.614. The Morgan fingerprint density at radius 1 is 1.40 bits per heavy atom.